The summed E-state index contributed by atoms with van der Waals surface area (Å²) in [6.07, 6.45) is 0. The van der Waals surface area contributed by atoms with Gasteiger partial charge in [0, 0.05) is 5.57 Å². The van der Waals surface area contributed by atoms with Gasteiger partial charge in [-0.1, -0.05) is 36.9 Å². The molecule has 0 saturated carbocycles. The van der Waals surface area contributed by atoms with E-state index in [1.54, 1.807) is 6.92 Å². The van der Waals surface area contributed by atoms with Crippen molar-refractivity contribution in [1.29, 1.82) is 0 Å². The van der Waals surface area contributed by atoms with Crippen molar-refractivity contribution in [3.8, 4) is 0 Å². The Morgan fingerprint density at radius 3 is 2.39 bits per heavy atom. The van der Waals surface area contributed by atoms with E-state index in [0.29, 0.717) is 5.57 Å². The zero-order chi connectivity index (χ0) is 16.7. The van der Waals surface area contributed by atoms with E-state index in [1.165, 1.54) is 11.8 Å². The van der Waals surface area contributed by atoms with E-state index in [0.717, 1.165) is 5.56 Å². The minimum atomic E-state index is -0.477. The van der Waals surface area contributed by atoms with Gasteiger partial charge in [0.05, 0.1) is 18.5 Å². The lowest BCUT2D eigenvalue weighted by atomic mass is 10.1. The summed E-state index contributed by atoms with van der Waals surface area (Å²) in [4.78, 5) is 24.2. The summed E-state index contributed by atoms with van der Waals surface area (Å²) in [5.41, 5.74) is 1.20. The number of benzene rings is 1. The maximum atomic E-state index is 12.2. The van der Waals surface area contributed by atoms with Crippen LogP contribution in [0.2, 0.25) is 0 Å². The van der Waals surface area contributed by atoms with Crippen LogP contribution >= 0.6 is 11.8 Å². The molecule has 0 spiro atoms. The van der Waals surface area contributed by atoms with Crippen LogP contribution in [-0.2, 0) is 23.8 Å². The Bertz CT molecular complexity index is 557. The number of rotatable bonds is 1. The molecular weight excluding hydrogens is 316 g/mol. The summed E-state index contributed by atoms with van der Waals surface area (Å²) in [6.45, 7) is 6.50. The first-order valence-electron chi connectivity index (χ1n) is 7.40. The number of hydrogen-bond acceptors (Lipinski definition) is 6. The van der Waals surface area contributed by atoms with E-state index in [9.17, 15) is 9.59 Å². The highest BCUT2D eigenvalue weighted by Gasteiger charge is 2.28. The molecule has 1 fully saturated rings. The van der Waals surface area contributed by atoms with Crippen molar-refractivity contribution in [3.05, 3.63) is 48.0 Å². The van der Waals surface area contributed by atoms with Gasteiger partial charge in [-0.3, -0.25) is 4.79 Å². The first-order chi connectivity index (χ1) is 11.1. The number of thioether (sulfide) groups is 1. The zero-order valence-corrected chi connectivity index (χ0v) is 13.8. The largest absolute Gasteiger partial charge is 0.462 e. The molecule has 0 aromatic heterocycles. The standard InChI is InChI=1S/C17H20O5S/c1-12-15(14-6-4-3-5-7-14)23-13(2)17(19)22-11-9-20-8-10-21-16(12)18/h3-7,13,15H,1,8-11H2,2H3. The third-order valence-electron chi connectivity index (χ3n) is 3.29. The van der Waals surface area contributed by atoms with Gasteiger partial charge < -0.3 is 14.2 Å². The number of ether oxygens (including phenoxy) is 3. The van der Waals surface area contributed by atoms with E-state index < -0.39 is 11.2 Å². The fraction of sp³-hybridized carbons (Fsp3) is 0.412. The monoisotopic (exact) mass is 336 g/mol. The molecule has 23 heavy (non-hydrogen) atoms. The van der Waals surface area contributed by atoms with E-state index >= 15 is 0 Å². The smallest absolute Gasteiger partial charge is 0.334 e. The Morgan fingerprint density at radius 1 is 1.04 bits per heavy atom. The lowest BCUT2D eigenvalue weighted by Gasteiger charge is -2.21. The average Bonchev–Trinajstić information content (AvgIpc) is 2.58. The molecule has 2 unspecified atom stereocenters. The summed E-state index contributed by atoms with van der Waals surface area (Å²) in [5, 5.41) is -0.807. The Balaban J connectivity index is 2.23. The van der Waals surface area contributed by atoms with Crippen molar-refractivity contribution in [2.24, 2.45) is 0 Å². The number of carbonyl (C=O) groups is 2. The predicted molar refractivity (Wildman–Crippen MR) is 88.1 cm³/mol. The van der Waals surface area contributed by atoms with Crippen LogP contribution in [0.5, 0.6) is 0 Å². The van der Waals surface area contributed by atoms with E-state index in [2.05, 4.69) is 6.58 Å². The van der Waals surface area contributed by atoms with Gasteiger partial charge in [0.15, 0.2) is 0 Å². The van der Waals surface area contributed by atoms with Crippen LogP contribution in [-0.4, -0.2) is 43.6 Å². The maximum Gasteiger partial charge on any atom is 0.334 e. The van der Waals surface area contributed by atoms with E-state index in [4.69, 9.17) is 14.2 Å². The van der Waals surface area contributed by atoms with Gasteiger partial charge in [0.1, 0.15) is 18.5 Å². The molecule has 1 aliphatic heterocycles. The van der Waals surface area contributed by atoms with Crippen molar-refractivity contribution in [1.82, 2.24) is 0 Å². The second kappa shape index (κ2) is 8.74. The SMILES string of the molecule is C=C1C(=O)OCCOCCOC(=O)C(C)SC1c1ccccc1. The molecule has 1 heterocycles. The third kappa shape index (κ3) is 5.11. The lowest BCUT2D eigenvalue weighted by Crippen LogP contribution is -2.21. The first-order valence-corrected chi connectivity index (χ1v) is 8.34. The normalized spacial score (nSPS) is 24.7. The predicted octanol–water partition coefficient (Wildman–Crippen LogP) is 2.52. The molecule has 2 rings (SSSR count). The van der Waals surface area contributed by atoms with Crippen molar-refractivity contribution < 1.29 is 23.8 Å². The van der Waals surface area contributed by atoms with Gasteiger partial charge in [0.25, 0.3) is 0 Å². The van der Waals surface area contributed by atoms with Crippen LogP contribution < -0.4 is 0 Å². The van der Waals surface area contributed by atoms with Crippen LogP contribution in [0, 0.1) is 0 Å². The molecule has 0 N–H and O–H groups in total. The van der Waals surface area contributed by atoms with Gasteiger partial charge in [-0.05, 0) is 12.5 Å². The number of hydrogen-bond donors (Lipinski definition) is 0. The molecule has 1 saturated heterocycles. The fourth-order valence-corrected chi connectivity index (χ4v) is 3.23. The van der Waals surface area contributed by atoms with E-state index in [1.807, 2.05) is 30.3 Å². The number of esters is 2. The Hall–Kier alpha value is -1.79. The van der Waals surface area contributed by atoms with Crippen molar-refractivity contribution in [3.63, 3.8) is 0 Å². The summed E-state index contributed by atoms with van der Waals surface area (Å²) >= 11 is 1.32. The quantitative estimate of drug-likeness (QED) is 0.580. The van der Waals surface area contributed by atoms with Crippen LogP contribution in [0.3, 0.4) is 0 Å². The molecule has 0 amide bonds. The highest BCUT2D eigenvalue weighted by atomic mass is 32.2. The molecule has 0 radical (unpaired) electrons. The minimum absolute atomic E-state index is 0.146. The molecule has 124 valence electrons. The molecule has 0 aliphatic carbocycles. The fourth-order valence-electron chi connectivity index (χ4n) is 2.06. The second-order valence-corrected chi connectivity index (χ2v) is 6.46. The summed E-state index contributed by atoms with van der Waals surface area (Å²) < 4.78 is 15.6. The lowest BCUT2D eigenvalue weighted by molar-refractivity contribution is -0.144. The molecule has 1 aromatic carbocycles. The van der Waals surface area contributed by atoms with Crippen LogP contribution in [0.1, 0.15) is 17.7 Å². The Kier molecular flexibility index (Phi) is 6.67. The van der Waals surface area contributed by atoms with Crippen molar-refractivity contribution >= 4 is 23.7 Å². The summed E-state index contributed by atoms with van der Waals surface area (Å²) in [6, 6.07) is 9.45. The van der Waals surface area contributed by atoms with E-state index in [-0.39, 0.29) is 37.6 Å². The highest BCUT2D eigenvalue weighted by Crippen LogP contribution is 2.38. The highest BCUT2D eigenvalue weighted by molar-refractivity contribution is 8.01. The average molecular weight is 336 g/mol. The molecule has 0 bridgehead atoms. The van der Waals surface area contributed by atoms with Crippen molar-refractivity contribution in [2.75, 3.05) is 26.4 Å². The van der Waals surface area contributed by atoms with Gasteiger partial charge in [-0.25, -0.2) is 4.79 Å². The zero-order valence-electron chi connectivity index (χ0n) is 13.0. The number of carbonyl (C=O) groups excluding carboxylic acids is 2. The van der Waals surface area contributed by atoms with Gasteiger partial charge in [0.2, 0.25) is 0 Å². The van der Waals surface area contributed by atoms with Crippen LogP contribution in [0.4, 0.5) is 0 Å². The second-order valence-electron chi connectivity index (χ2n) is 5.01. The van der Waals surface area contributed by atoms with Crippen molar-refractivity contribution in [2.45, 2.75) is 17.4 Å². The van der Waals surface area contributed by atoms with Gasteiger partial charge in [-0.2, -0.15) is 0 Å². The Labute approximate surface area is 140 Å². The Morgan fingerprint density at radius 2 is 1.70 bits per heavy atom. The third-order valence-corrected chi connectivity index (χ3v) is 4.72. The molecule has 2 atom stereocenters. The summed E-state index contributed by atoms with van der Waals surface area (Å²) in [7, 11) is 0. The molecular formula is C17H20O5S. The van der Waals surface area contributed by atoms with Gasteiger partial charge in [-0.15, -0.1) is 11.8 Å². The number of cyclic esters (lactones) is 2. The maximum absolute atomic E-state index is 12.2. The molecule has 1 aliphatic rings. The minimum Gasteiger partial charge on any atom is -0.462 e. The topological polar surface area (TPSA) is 61.8 Å². The molecule has 5 nitrogen and oxygen atoms in total. The molecule has 6 heteroatoms. The summed E-state index contributed by atoms with van der Waals surface area (Å²) in [5.74, 6) is -0.810. The van der Waals surface area contributed by atoms with Crippen LogP contribution in [0.15, 0.2) is 42.5 Å². The first kappa shape index (κ1) is 17.6. The molecule has 1 aromatic rings. The van der Waals surface area contributed by atoms with Gasteiger partial charge >= 0.3 is 11.9 Å². The van der Waals surface area contributed by atoms with Crippen LogP contribution in [0.25, 0.3) is 0 Å².